The third-order valence-electron chi connectivity index (χ3n) is 2.91. The first-order chi connectivity index (χ1) is 6.29. The molecule has 3 aliphatic rings. The Morgan fingerprint density at radius 2 is 2.08 bits per heavy atom. The molecule has 2 bridgehead atoms. The minimum atomic E-state index is -0.777. The zero-order valence-electron chi connectivity index (χ0n) is 7.24. The molecule has 0 aromatic rings. The van der Waals surface area contributed by atoms with Crippen LogP contribution in [0.2, 0.25) is 0 Å². The second-order valence-electron chi connectivity index (χ2n) is 3.62. The zero-order valence-corrected chi connectivity index (χ0v) is 8.00. The van der Waals surface area contributed by atoms with Crippen LogP contribution in [0.4, 0.5) is 4.79 Å². The lowest BCUT2D eigenvalue weighted by Gasteiger charge is -2.43. The molecule has 3 heterocycles. The molecule has 0 radical (unpaired) electrons. The normalized spacial score (nSPS) is 37.2. The molecule has 0 N–H and O–H groups in total. The van der Waals surface area contributed by atoms with Gasteiger partial charge < -0.3 is 9.03 Å². The third kappa shape index (κ3) is 1.89. The van der Waals surface area contributed by atoms with Crippen LogP contribution in [-0.2, 0) is 9.03 Å². The van der Waals surface area contributed by atoms with E-state index in [1.807, 2.05) is 0 Å². The smallest absolute Gasteiger partial charge is 0.428 e. The molecule has 3 rings (SSSR count). The summed E-state index contributed by atoms with van der Waals surface area (Å²) in [6, 6.07) is 0. The van der Waals surface area contributed by atoms with Crippen molar-refractivity contribution >= 4 is 18.0 Å². The van der Waals surface area contributed by atoms with Crippen LogP contribution in [0.25, 0.3) is 0 Å². The number of hydrogen-bond donors (Lipinski definition) is 0. The van der Waals surface area contributed by atoms with Crippen molar-refractivity contribution in [3.8, 4) is 0 Å². The van der Waals surface area contributed by atoms with Crippen LogP contribution < -0.4 is 0 Å². The summed E-state index contributed by atoms with van der Waals surface area (Å²) in [6.45, 7) is 3.08. The highest BCUT2D eigenvalue weighted by Gasteiger charge is 2.36. The van der Waals surface area contributed by atoms with E-state index in [1.165, 1.54) is 0 Å². The SMILES string of the molecule is O=C(OCl)O[C@H]1CN2CCC1CC2. The average Bonchev–Trinajstić information content (AvgIpc) is 2.19. The molecule has 3 aliphatic heterocycles. The number of fused-ring (bicyclic) bond motifs is 3. The minimum absolute atomic E-state index is 0.0197. The van der Waals surface area contributed by atoms with Gasteiger partial charge in [-0.05, 0) is 31.8 Å². The summed E-state index contributed by atoms with van der Waals surface area (Å²) in [4.78, 5) is 13.1. The number of ether oxygens (including phenoxy) is 1. The van der Waals surface area contributed by atoms with Crippen molar-refractivity contribution in [3.63, 3.8) is 0 Å². The first-order valence-corrected chi connectivity index (χ1v) is 4.82. The van der Waals surface area contributed by atoms with Crippen molar-refractivity contribution in [3.05, 3.63) is 0 Å². The lowest BCUT2D eigenvalue weighted by molar-refractivity contribution is -0.0455. The molecular weight excluding hydrogens is 194 g/mol. The Morgan fingerprint density at radius 1 is 1.38 bits per heavy atom. The quantitative estimate of drug-likeness (QED) is 0.607. The minimum Gasteiger partial charge on any atom is -0.428 e. The third-order valence-corrected chi connectivity index (χ3v) is 3.03. The Kier molecular flexibility index (Phi) is 2.60. The maximum Gasteiger partial charge on any atom is 0.527 e. The van der Waals surface area contributed by atoms with Gasteiger partial charge in [-0.15, -0.1) is 0 Å². The molecule has 0 spiro atoms. The molecule has 3 saturated heterocycles. The lowest BCUT2D eigenvalue weighted by atomic mass is 9.86. The molecule has 0 aromatic carbocycles. The zero-order chi connectivity index (χ0) is 9.26. The second kappa shape index (κ2) is 3.72. The fourth-order valence-corrected chi connectivity index (χ4v) is 2.22. The Bertz CT molecular complexity index is 204. The van der Waals surface area contributed by atoms with Gasteiger partial charge in [0.05, 0.1) is 0 Å². The van der Waals surface area contributed by atoms with E-state index in [0.717, 1.165) is 32.5 Å². The Hall–Kier alpha value is -0.480. The van der Waals surface area contributed by atoms with Crippen molar-refractivity contribution in [1.82, 2.24) is 4.90 Å². The maximum absolute atomic E-state index is 10.8. The van der Waals surface area contributed by atoms with Gasteiger partial charge in [0.1, 0.15) is 18.0 Å². The van der Waals surface area contributed by atoms with Crippen molar-refractivity contribution in [2.24, 2.45) is 5.92 Å². The number of nitrogens with zero attached hydrogens (tertiary/aromatic N) is 1. The molecule has 0 aromatic heterocycles. The van der Waals surface area contributed by atoms with E-state index in [-0.39, 0.29) is 6.10 Å². The summed E-state index contributed by atoms with van der Waals surface area (Å²) in [5.74, 6) is 0.501. The molecule has 0 unspecified atom stereocenters. The van der Waals surface area contributed by atoms with Gasteiger partial charge in [-0.1, -0.05) is 0 Å². The van der Waals surface area contributed by atoms with Gasteiger partial charge in [0, 0.05) is 6.54 Å². The Morgan fingerprint density at radius 3 is 2.54 bits per heavy atom. The van der Waals surface area contributed by atoms with Crippen LogP contribution in [0.1, 0.15) is 12.8 Å². The monoisotopic (exact) mass is 205 g/mol. The van der Waals surface area contributed by atoms with Crippen molar-refractivity contribution in [2.45, 2.75) is 18.9 Å². The van der Waals surface area contributed by atoms with E-state index in [1.54, 1.807) is 0 Å². The highest BCUT2D eigenvalue weighted by atomic mass is 35.5. The van der Waals surface area contributed by atoms with Gasteiger partial charge in [-0.25, -0.2) is 4.79 Å². The largest absolute Gasteiger partial charge is 0.527 e. The molecule has 0 aliphatic carbocycles. The van der Waals surface area contributed by atoms with Crippen LogP contribution in [0.3, 0.4) is 0 Å². The predicted molar refractivity (Wildman–Crippen MR) is 46.4 cm³/mol. The summed E-state index contributed by atoms with van der Waals surface area (Å²) in [6.07, 6.45) is 1.43. The summed E-state index contributed by atoms with van der Waals surface area (Å²) in [5.41, 5.74) is 0. The molecule has 74 valence electrons. The molecule has 13 heavy (non-hydrogen) atoms. The van der Waals surface area contributed by atoms with Gasteiger partial charge in [-0.2, -0.15) is 0 Å². The van der Waals surface area contributed by atoms with E-state index in [4.69, 9.17) is 16.6 Å². The van der Waals surface area contributed by atoms with Gasteiger partial charge >= 0.3 is 6.16 Å². The molecule has 1 atom stereocenters. The standard InChI is InChI=1S/C8H12ClNO3/c9-13-8(11)12-7-5-10-3-1-6(7)2-4-10/h6-7H,1-5H2/t7-/m0/s1. The van der Waals surface area contributed by atoms with Crippen LogP contribution in [0.15, 0.2) is 0 Å². The number of piperidine rings is 3. The summed E-state index contributed by atoms with van der Waals surface area (Å²) in [7, 11) is 0. The van der Waals surface area contributed by atoms with Gasteiger partial charge in [-0.3, -0.25) is 4.90 Å². The number of carbonyl (C=O) groups is 1. The number of carbonyl (C=O) groups excluding carboxylic acids is 1. The summed E-state index contributed by atoms with van der Waals surface area (Å²) >= 11 is 4.89. The molecular formula is C8H12ClNO3. The van der Waals surface area contributed by atoms with Crippen LogP contribution in [0.5, 0.6) is 0 Å². The molecule has 4 nitrogen and oxygen atoms in total. The highest BCUT2D eigenvalue weighted by molar-refractivity contribution is 6.12. The molecule has 0 amide bonds. The number of halogens is 1. The van der Waals surface area contributed by atoms with E-state index in [9.17, 15) is 4.79 Å². The Balaban J connectivity index is 1.90. The topological polar surface area (TPSA) is 38.8 Å². The molecule has 3 fully saturated rings. The number of rotatable bonds is 1. The van der Waals surface area contributed by atoms with Gasteiger partial charge in [0.25, 0.3) is 0 Å². The van der Waals surface area contributed by atoms with E-state index < -0.39 is 6.16 Å². The van der Waals surface area contributed by atoms with Crippen molar-refractivity contribution in [2.75, 3.05) is 19.6 Å². The van der Waals surface area contributed by atoms with Crippen LogP contribution in [0, 0.1) is 5.92 Å². The van der Waals surface area contributed by atoms with Crippen molar-refractivity contribution < 1.29 is 13.8 Å². The number of hydrogen-bond acceptors (Lipinski definition) is 4. The van der Waals surface area contributed by atoms with E-state index in [2.05, 4.69) is 9.19 Å². The first kappa shape index (κ1) is 9.09. The van der Waals surface area contributed by atoms with Crippen molar-refractivity contribution in [1.29, 1.82) is 0 Å². The van der Waals surface area contributed by atoms with Gasteiger partial charge in [0.2, 0.25) is 0 Å². The Labute approximate surface area is 81.9 Å². The molecule has 5 heteroatoms. The maximum atomic E-state index is 10.8. The molecule has 0 saturated carbocycles. The fraction of sp³-hybridized carbons (Fsp3) is 0.875. The first-order valence-electron chi connectivity index (χ1n) is 4.51. The second-order valence-corrected chi connectivity index (χ2v) is 3.78. The summed E-state index contributed by atoms with van der Waals surface area (Å²) in [5, 5.41) is 0. The van der Waals surface area contributed by atoms with Crippen LogP contribution in [-0.4, -0.2) is 36.8 Å². The van der Waals surface area contributed by atoms with E-state index in [0.29, 0.717) is 5.92 Å². The summed E-state index contributed by atoms with van der Waals surface area (Å²) < 4.78 is 8.99. The lowest BCUT2D eigenvalue weighted by Crippen LogP contribution is -2.51. The highest BCUT2D eigenvalue weighted by Crippen LogP contribution is 2.29. The van der Waals surface area contributed by atoms with Crippen LogP contribution >= 0.6 is 11.9 Å². The fourth-order valence-electron chi connectivity index (χ4n) is 2.19. The predicted octanol–water partition coefficient (Wildman–Crippen LogP) is 1.39. The van der Waals surface area contributed by atoms with Gasteiger partial charge in [0.15, 0.2) is 0 Å². The van der Waals surface area contributed by atoms with E-state index >= 15 is 0 Å². The average molecular weight is 206 g/mol.